The van der Waals surface area contributed by atoms with E-state index in [9.17, 15) is 19.8 Å². The highest BCUT2D eigenvalue weighted by atomic mass is 16.5. The smallest absolute Gasteiger partial charge is 0.205 e. The highest BCUT2D eigenvalue weighted by Gasteiger charge is 2.21. The SMILES string of the molecule is CCCCCCCCCCC(CCCC(O)C=CC1=CC(O)=C(OC)C(=O)C1)C1=CCC(=O)C=C1. The van der Waals surface area contributed by atoms with E-state index in [-0.39, 0.29) is 29.5 Å². The summed E-state index contributed by atoms with van der Waals surface area (Å²) in [5.41, 5.74) is 1.92. The molecule has 0 spiro atoms. The number of aliphatic hydroxyl groups is 2. The minimum Gasteiger partial charge on any atom is -0.504 e. The number of ether oxygens (including phenoxy) is 1. The predicted octanol–water partition coefficient (Wildman–Crippen LogP) is 6.99. The Balaban J connectivity index is 1.79. The Morgan fingerprint density at radius 3 is 2.29 bits per heavy atom. The summed E-state index contributed by atoms with van der Waals surface area (Å²) in [4.78, 5) is 23.6. The lowest BCUT2D eigenvalue weighted by atomic mass is 9.85. The van der Waals surface area contributed by atoms with Gasteiger partial charge in [0.05, 0.1) is 13.2 Å². The van der Waals surface area contributed by atoms with Crippen molar-refractivity contribution in [2.24, 2.45) is 5.92 Å². The minimum atomic E-state index is -0.609. The van der Waals surface area contributed by atoms with E-state index < -0.39 is 6.10 Å². The van der Waals surface area contributed by atoms with E-state index in [1.165, 1.54) is 70.1 Å². The van der Waals surface area contributed by atoms with Gasteiger partial charge in [0.15, 0.2) is 11.5 Å². The standard InChI is InChI=1S/C30H44O5/c1-3-4-5-6-7-8-9-10-12-24(25-16-19-27(32)20-17-25)13-11-14-26(31)18-15-23-21-28(33)30(35-2)29(34)22-23/h15-19,21,24,26,31,33H,3-14,20,22H2,1-2H3. The molecule has 0 aromatic rings. The van der Waals surface area contributed by atoms with Crippen molar-refractivity contribution < 1.29 is 24.5 Å². The molecule has 0 aliphatic heterocycles. The monoisotopic (exact) mass is 484 g/mol. The number of unbranched alkanes of at least 4 members (excludes halogenated alkanes) is 7. The molecule has 0 radical (unpaired) electrons. The van der Waals surface area contributed by atoms with Crippen LogP contribution in [-0.4, -0.2) is 35.0 Å². The van der Waals surface area contributed by atoms with Gasteiger partial charge in [0, 0.05) is 12.8 Å². The fraction of sp³-hybridized carbons (Fsp3) is 0.600. The maximum Gasteiger partial charge on any atom is 0.205 e. The first-order valence-electron chi connectivity index (χ1n) is 13.4. The Morgan fingerprint density at radius 1 is 0.971 bits per heavy atom. The van der Waals surface area contributed by atoms with Crippen molar-refractivity contribution in [3.05, 3.63) is 59.1 Å². The number of hydrogen-bond acceptors (Lipinski definition) is 5. The van der Waals surface area contributed by atoms with Crippen molar-refractivity contribution in [3.63, 3.8) is 0 Å². The molecule has 0 amide bonds. The number of carbonyl (C=O) groups excluding carboxylic acids is 2. The largest absolute Gasteiger partial charge is 0.504 e. The van der Waals surface area contributed by atoms with Gasteiger partial charge in [-0.2, -0.15) is 0 Å². The molecule has 0 aromatic carbocycles. The molecule has 5 nitrogen and oxygen atoms in total. The number of Topliss-reactive ketones (excluding diaryl/α,β-unsaturated/α-hetero) is 1. The third-order valence-electron chi connectivity index (χ3n) is 6.84. The highest BCUT2D eigenvalue weighted by Crippen LogP contribution is 2.29. The van der Waals surface area contributed by atoms with Crippen LogP contribution in [-0.2, 0) is 14.3 Å². The van der Waals surface area contributed by atoms with Crippen LogP contribution < -0.4 is 0 Å². The Hall–Kier alpha value is -2.40. The number of carbonyl (C=O) groups is 2. The summed E-state index contributed by atoms with van der Waals surface area (Å²) in [7, 11) is 1.36. The number of ketones is 2. The van der Waals surface area contributed by atoms with Crippen LogP contribution >= 0.6 is 0 Å². The maximum absolute atomic E-state index is 12.0. The first-order valence-corrected chi connectivity index (χ1v) is 13.4. The van der Waals surface area contributed by atoms with E-state index in [4.69, 9.17) is 4.74 Å². The molecule has 0 fully saturated rings. The molecule has 0 aromatic heterocycles. The lowest BCUT2D eigenvalue weighted by Gasteiger charge is -2.20. The summed E-state index contributed by atoms with van der Waals surface area (Å²) in [5.74, 6) is 0.128. The zero-order valence-corrected chi connectivity index (χ0v) is 21.6. The molecular weight excluding hydrogens is 440 g/mol. The molecule has 2 aliphatic carbocycles. The normalized spacial score (nSPS) is 18.1. The van der Waals surface area contributed by atoms with E-state index in [1.807, 2.05) is 6.08 Å². The van der Waals surface area contributed by atoms with Crippen LogP contribution in [0.15, 0.2) is 59.1 Å². The number of methoxy groups -OCH3 is 1. The summed E-state index contributed by atoms with van der Waals surface area (Å²) in [6.45, 7) is 2.24. The summed E-state index contributed by atoms with van der Waals surface area (Å²) in [6.07, 6.45) is 24.7. The lowest BCUT2D eigenvalue weighted by molar-refractivity contribution is -0.118. The van der Waals surface area contributed by atoms with Crippen LogP contribution in [0, 0.1) is 5.92 Å². The molecule has 194 valence electrons. The van der Waals surface area contributed by atoms with Crippen molar-refractivity contribution in [2.75, 3.05) is 7.11 Å². The van der Waals surface area contributed by atoms with Gasteiger partial charge in [0.1, 0.15) is 0 Å². The molecule has 2 atom stereocenters. The molecule has 2 rings (SSSR count). The van der Waals surface area contributed by atoms with Crippen molar-refractivity contribution in [2.45, 2.75) is 103 Å². The first kappa shape index (κ1) is 28.8. The van der Waals surface area contributed by atoms with Crippen LogP contribution in [0.2, 0.25) is 0 Å². The van der Waals surface area contributed by atoms with Gasteiger partial charge < -0.3 is 14.9 Å². The zero-order chi connectivity index (χ0) is 25.5. The molecule has 0 heterocycles. The zero-order valence-electron chi connectivity index (χ0n) is 21.6. The maximum atomic E-state index is 12.0. The van der Waals surface area contributed by atoms with Crippen molar-refractivity contribution in [1.29, 1.82) is 0 Å². The van der Waals surface area contributed by atoms with Gasteiger partial charge in [0.2, 0.25) is 11.5 Å². The molecule has 0 bridgehead atoms. The van der Waals surface area contributed by atoms with Gasteiger partial charge in [-0.15, -0.1) is 0 Å². The third-order valence-corrected chi connectivity index (χ3v) is 6.84. The van der Waals surface area contributed by atoms with Crippen molar-refractivity contribution >= 4 is 11.6 Å². The average molecular weight is 485 g/mol. The second-order valence-corrected chi connectivity index (χ2v) is 9.76. The Bertz CT molecular complexity index is 843. The summed E-state index contributed by atoms with van der Waals surface area (Å²) in [6, 6.07) is 0. The third kappa shape index (κ3) is 10.8. The second-order valence-electron chi connectivity index (χ2n) is 9.76. The van der Waals surface area contributed by atoms with Gasteiger partial charge in [-0.3, -0.25) is 9.59 Å². The number of allylic oxidation sites excluding steroid dienone is 8. The summed E-state index contributed by atoms with van der Waals surface area (Å²) < 4.78 is 4.92. The van der Waals surface area contributed by atoms with Gasteiger partial charge in [-0.1, -0.05) is 82.6 Å². The lowest BCUT2D eigenvalue weighted by Crippen LogP contribution is -2.13. The Morgan fingerprint density at radius 2 is 1.66 bits per heavy atom. The molecule has 2 aliphatic rings. The van der Waals surface area contributed by atoms with E-state index in [1.54, 1.807) is 18.2 Å². The fourth-order valence-corrected chi connectivity index (χ4v) is 4.78. The van der Waals surface area contributed by atoms with Crippen molar-refractivity contribution in [1.82, 2.24) is 0 Å². The number of rotatable bonds is 17. The predicted molar refractivity (Wildman–Crippen MR) is 141 cm³/mol. The topological polar surface area (TPSA) is 83.8 Å². The van der Waals surface area contributed by atoms with Crippen LogP contribution in [0.5, 0.6) is 0 Å². The summed E-state index contributed by atoms with van der Waals surface area (Å²) >= 11 is 0. The molecule has 0 saturated heterocycles. The summed E-state index contributed by atoms with van der Waals surface area (Å²) in [5, 5.41) is 20.3. The van der Waals surface area contributed by atoms with E-state index in [0.29, 0.717) is 24.3 Å². The van der Waals surface area contributed by atoms with Crippen molar-refractivity contribution in [3.8, 4) is 0 Å². The molecule has 2 unspecified atom stereocenters. The van der Waals surface area contributed by atoms with Crippen LogP contribution in [0.4, 0.5) is 0 Å². The quantitative estimate of drug-likeness (QED) is 0.217. The fourth-order valence-electron chi connectivity index (χ4n) is 4.78. The van der Waals surface area contributed by atoms with Gasteiger partial charge >= 0.3 is 0 Å². The van der Waals surface area contributed by atoms with E-state index in [0.717, 1.165) is 19.3 Å². The average Bonchev–Trinajstić information content (AvgIpc) is 2.83. The molecular formula is C30H44O5. The van der Waals surface area contributed by atoms with Gasteiger partial charge in [-0.25, -0.2) is 0 Å². The van der Waals surface area contributed by atoms with E-state index >= 15 is 0 Å². The van der Waals surface area contributed by atoms with Gasteiger partial charge in [-0.05, 0) is 54.9 Å². The van der Waals surface area contributed by atoms with Crippen LogP contribution in [0.25, 0.3) is 0 Å². The molecule has 35 heavy (non-hydrogen) atoms. The van der Waals surface area contributed by atoms with Crippen LogP contribution in [0.1, 0.15) is 96.8 Å². The first-order chi connectivity index (χ1) is 16.9. The Labute approximate surface area is 211 Å². The molecule has 5 heteroatoms. The van der Waals surface area contributed by atoms with E-state index in [2.05, 4.69) is 13.0 Å². The number of hydrogen-bond donors (Lipinski definition) is 2. The molecule has 0 saturated carbocycles. The molecule has 2 N–H and O–H groups in total. The number of aliphatic hydroxyl groups excluding tert-OH is 2. The van der Waals surface area contributed by atoms with Gasteiger partial charge in [0.25, 0.3) is 0 Å². The second kappa shape index (κ2) is 16.3. The van der Waals surface area contributed by atoms with Crippen LogP contribution in [0.3, 0.4) is 0 Å². The minimum absolute atomic E-state index is 0.0157. The Kier molecular flexibility index (Phi) is 13.4. The highest BCUT2D eigenvalue weighted by molar-refractivity contribution is 5.97.